The molecular weight excluding hydrogens is 430 g/mol. The molecule has 10 heteroatoms. The van der Waals surface area contributed by atoms with Crippen LogP contribution in [0.1, 0.15) is 47.0 Å². The zero-order chi connectivity index (χ0) is 22.9. The average Bonchev–Trinajstić information content (AvgIpc) is 3.43. The third-order valence-electron chi connectivity index (χ3n) is 5.29. The van der Waals surface area contributed by atoms with Gasteiger partial charge in [0.25, 0.3) is 0 Å². The van der Waals surface area contributed by atoms with Crippen LogP contribution >= 0.6 is 0 Å². The second kappa shape index (κ2) is 8.85. The number of alkyl halides is 4. The molecule has 0 saturated carbocycles. The van der Waals surface area contributed by atoms with Gasteiger partial charge in [0, 0.05) is 43.0 Å². The van der Waals surface area contributed by atoms with Gasteiger partial charge in [-0.25, -0.2) is 14.4 Å². The van der Waals surface area contributed by atoms with Crippen molar-refractivity contribution in [3.05, 3.63) is 59.3 Å². The molecule has 0 unspecified atom stereocenters. The van der Waals surface area contributed by atoms with Gasteiger partial charge >= 0.3 is 6.18 Å². The van der Waals surface area contributed by atoms with E-state index in [0.717, 1.165) is 12.1 Å². The molecule has 3 aromatic rings. The maximum absolute atomic E-state index is 14.9. The molecule has 0 spiro atoms. The maximum Gasteiger partial charge on any atom is 0.433 e. The van der Waals surface area contributed by atoms with Crippen molar-refractivity contribution in [3.63, 3.8) is 0 Å². The first-order valence-corrected chi connectivity index (χ1v) is 10.2. The quantitative estimate of drug-likeness (QED) is 0.388. The van der Waals surface area contributed by atoms with Gasteiger partial charge in [-0.2, -0.15) is 13.2 Å². The molecule has 32 heavy (non-hydrogen) atoms. The summed E-state index contributed by atoms with van der Waals surface area (Å²) in [4.78, 5) is 20.5. The normalized spacial score (nSPS) is 17.6. The van der Waals surface area contributed by atoms with Crippen molar-refractivity contribution in [1.82, 2.24) is 14.4 Å². The SMILES string of the molecule is CCOc1cc2nc([C@H](F)[C@@H]3CCOC3)cn2cc1CC(=O)c1cccc(C(F)(F)F)n1. The van der Waals surface area contributed by atoms with E-state index in [1.807, 2.05) is 0 Å². The Morgan fingerprint density at radius 1 is 1.31 bits per heavy atom. The summed E-state index contributed by atoms with van der Waals surface area (Å²) in [6, 6.07) is 4.78. The Morgan fingerprint density at radius 2 is 2.12 bits per heavy atom. The number of rotatable bonds is 7. The Labute approximate surface area is 181 Å². The summed E-state index contributed by atoms with van der Waals surface area (Å²) in [5.41, 5.74) is -0.289. The molecule has 170 valence electrons. The highest BCUT2D eigenvalue weighted by Crippen LogP contribution is 2.33. The van der Waals surface area contributed by atoms with Crippen LogP contribution in [0, 0.1) is 5.92 Å². The fourth-order valence-corrected chi connectivity index (χ4v) is 3.67. The number of carbonyl (C=O) groups excluding carboxylic acids is 1. The standard InChI is InChI=1S/C22H21F4N3O3/c1-2-32-18-9-20-28-16(21(23)13-6-7-31-12-13)11-29(20)10-14(18)8-17(30)15-4-3-5-19(27-15)22(24,25)26/h3-5,9-11,13,21H,2,6-8,12H2,1H3/t13-,21-/m1/s1. The molecule has 0 aromatic carbocycles. The van der Waals surface area contributed by atoms with E-state index < -0.39 is 23.8 Å². The lowest BCUT2D eigenvalue weighted by molar-refractivity contribution is -0.141. The fraction of sp³-hybridized carbons (Fsp3) is 0.409. The number of fused-ring (bicyclic) bond motifs is 1. The van der Waals surface area contributed by atoms with Gasteiger partial charge in [-0.3, -0.25) is 4.79 Å². The van der Waals surface area contributed by atoms with Gasteiger partial charge in [0.2, 0.25) is 0 Å². The Hall–Kier alpha value is -3.01. The van der Waals surface area contributed by atoms with Crippen molar-refractivity contribution >= 4 is 11.4 Å². The number of nitrogens with zero attached hydrogens (tertiary/aromatic N) is 3. The van der Waals surface area contributed by atoms with E-state index in [4.69, 9.17) is 9.47 Å². The molecule has 4 heterocycles. The number of ether oxygens (including phenoxy) is 2. The molecule has 0 radical (unpaired) electrons. The number of Topliss-reactive ketones (excluding diaryl/α,β-unsaturated/α-hetero) is 1. The molecule has 1 saturated heterocycles. The summed E-state index contributed by atoms with van der Waals surface area (Å²) >= 11 is 0. The minimum absolute atomic E-state index is 0.234. The highest BCUT2D eigenvalue weighted by Gasteiger charge is 2.33. The number of hydrogen-bond acceptors (Lipinski definition) is 5. The van der Waals surface area contributed by atoms with E-state index >= 15 is 0 Å². The van der Waals surface area contributed by atoms with Crippen molar-refractivity contribution in [3.8, 4) is 5.75 Å². The number of ketones is 1. The Bertz CT molecular complexity index is 1120. The lowest BCUT2D eigenvalue weighted by atomic mass is 10.0. The van der Waals surface area contributed by atoms with Crippen molar-refractivity contribution in [2.75, 3.05) is 19.8 Å². The van der Waals surface area contributed by atoms with Gasteiger partial charge in [-0.1, -0.05) is 6.07 Å². The van der Waals surface area contributed by atoms with Gasteiger partial charge in [-0.15, -0.1) is 0 Å². The Morgan fingerprint density at radius 3 is 2.81 bits per heavy atom. The van der Waals surface area contributed by atoms with Gasteiger partial charge in [0.05, 0.1) is 18.9 Å². The number of hydrogen-bond donors (Lipinski definition) is 0. The molecule has 0 bridgehead atoms. The first kappa shape index (κ1) is 22.2. The first-order valence-electron chi connectivity index (χ1n) is 10.2. The maximum atomic E-state index is 14.9. The largest absolute Gasteiger partial charge is 0.493 e. The number of halogens is 4. The Balaban J connectivity index is 1.63. The number of aromatic nitrogens is 3. The van der Waals surface area contributed by atoms with Crippen LogP contribution in [-0.4, -0.2) is 40.0 Å². The highest BCUT2D eigenvalue weighted by atomic mass is 19.4. The number of carbonyl (C=O) groups is 1. The van der Waals surface area contributed by atoms with Crippen molar-refractivity contribution in [2.45, 2.75) is 32.1 Å². The molecule has 0 amide bonds. The van der Waals surface area contributed by atoms with Gasteiger partial charge < -0.3 is 13.9 Å². The zero-order valence-electron chi connectivity index (χ0n) is 17.2. The average molecular weight is 451 g/mol. The lowest BCUT2D eigenvalue weighted by Crippen LogP contribution is -2.13. The first-order chi connectivity index (χ1) is 15.3. The van der Waals surface area contributed by atoms with Crippen LogP contribution in [-0.2, 0) is 17.3 Å². The summed E-state index contributed by atoms with van der Waals surface area (Å²) in [5, 5.41) is 0. The summed E-state index contributed by atoms with van der Waals surface area (Å²) in [7, 11) is 0. The number of imidazole rings is 1. The molecule has 0 N–H and O–H groups in total. The second-order valence-corrected chi connectivity index (χ2v) is 7.56. The van der Waals surface area contributed by atoms with E-state index in [1.165, 1.54) is 6.07 Å². The molecule has 1 fully saturated rings. The van der Waals surface area contributed by atoms with E-state index in [-0.39, 0.29) is 23.7 Å². The molecule has 1 aliphatic rings. The van der Waals surface area contributed by atoms with Crippen LogP contribution in [0.2, 0.25) is 0 Å². The van der Waals surface area contributed by atoms with Crippen LogP contribution in [0.3, 0.4) is 0 Å². The topological polar surface area (TPSA) is 65.7 Å². The van der Waals surface area contributed by atoms with Crippen LogP contribution in [0.5, 0.6) is 5.75 Å². The summed E-state index contributed by atoms with van der Waals surface area (Å²) in [6.07, 6.45) is -2.42. The van der Waals surface area contributed by atoms with Crippen LogP contribution in [0.15, 0.2) is 36.7 Å². The van der Waals surface area contributed by atoms with E-state index in [0.29, 0.717) is 43.2 Å². The fourth-order valence-electron chi connectivity index (χ4n) is 3.67. The highest BCUT2D eigenvalue weighted by molar-refractivity contribution is 5.96. The third kappa shape index (κ3) is 4.59. The van der Waals surface area contributed by atoms with Crippen LogP contribution in [0.25, 0.3) is 5.65 Å². The minimum Gasteiger partial charge on any atom is -0.493 e. The predicted octanol–water partition coefficient (Wildman–Crippen LogP) is 4.62. The third-order valence-corrected chi connectivity index (χ3v) is 5.29. The summed E-state index contributed by atoms with van der Waals surface area (Å²) < 4.78 is 66.1. The predicted molar refractivity (Wildman–Crippen MR) is 106 cm³/mol. The van der Waals surface area contributed by atoms with Crippen molar-refractivity contribution in [1.29, 1.82) is 0 Å². The van der Waals surface area contributed by atoms with Crippen molar-refractivity contribution < 1.29 is 31.8 Å². The van der Waals surface area contributed by atoms with Crippen LogP contribution in [0.4, 0.5) is 17.6 Å². The van der Waals surface area contributed by atoms with Gasteiger partial charge in [0.1, 0.15) is 29.0 Å². The minimum atomic E-state index is -4.65. The van der Waals surface area contributed by atoms with Gasteiger partial charge in [-0.05, 0) is 25.5 Å². The second-order valence-electron chi connectivity index (χ2n) is 7.56. The van der Waals surface area contributed by atoms with Crippen LogP contribution < -0.4 is 4.74 Å². The van der Waals surface area contributed by atoms with E-state index in [9.17, 15) is 22.4 Å². The lowest BCUT2D eigenvalue weighted by Gasteiger charge is -2.11. The summed E-state index contributed by atoms with van der Waals surface area (Å²) in [5.74, 6) is -0.500. The summed E-state index contributed by atoms with van der Waals surface area (Å²) in [6.45, 7) is 2.92. The molecule has 1 aliphatic heterocycles. The molecule has 6 nitrogen and oxygen atoms in total. The Kier molecular flexibility index (Phi) is 6.14. The van der Waals surface area contributed by atoms with Gasteiger partial charge in [0.15, 0.2) is 5.78 Å². The van der Waals surface area contributed by atoms with Crippen molar-refractivity contribution in [2.24, 2.45) is 5.92 Å². The molecule has 0 aliphatic carbocycles. The zero-order valence-corrected chi connectivity index (χ0v) is 17.2. The molecule has 3 aromatic heterocycles. The monoisotopic (exact) mass is 451 g/mol. The van der Waals surface area contributed by atoms with E-state index in [2.05, 4.69) is 9.97 Å². The molecule has 2 atom stereocenters. The molecule has 4 rings (SSSR count). The number of pyridine rings is 2. The smallest absolute Gasteiger partial charge is 0.433 e. The molecular formula is C22H21F4N3O3. The van der Waals surface area contributed by atoms with E-state index in [1.54, 1.807) is 29.8 Å².